The zero-order valence-electron chi connectivity index (χ0n) is 10.8. The first-order chi connectivity index (χ1) is 9.08. The molecule has 0 amide bonds. The lowest BCUT2D eigenvalue weighted by molar-refractivity contribution is 0.298. The molecule has 1 aromatic carbocycles. The Bertz CT molecular complexity index is 588. The zero-order valence-corrected chi connectivity index (χ0v) is 12.4. The molecule has 0 aliphatic heterocycles. The Kier molecular flexibility index (Phi) is 4.27. The monoisotopic (exact) mass is 322 g/mol. The third-order valence-electron chi connectivity index (χ3n) is 2.55. The molecule has 5 heteroatoms. The van der Waals surface area contributed by atoms with Crippen molar-refractivity contribution < 1.29 is 9.47 Å². The molecule has 0 saturated heterocycles. The number of rotatable bonds is 4. The zero-order chi connectivity index (χ0) is 13.8. The average molecular weight is 323 g/mol. The lowest BCUT2D eigenvalue weighted by Gasteiger charge is -2.10. The molecule has 2 N–H and O–H groups in total. The van der Waals surface area contributed by atoms with Gasteiger partial charge in [-0.3, -0.25) is 4.98 Å². The molecule has 1 aromatic heterocycles. The van der Waals surface area contributed by atoms with E-state index < -0.39 is 0 Å². The highest BCUT2D eigenvalue weighted by Crippen LogP contribution is 2.28. The van der Waals surface area contributed by atoms with Crippen molar-refractivity contribution in [3.8, 4) is 11.5 Å². The fourth-order valence-electron chi connectivity index (χ4n) is 1.68. The van der Waals surface area contributed by atoms with Gasteiger partial charge >= 0.3 is 0 Å². The number of nitrogen functional groups attached to an aromatic ring is 1. The van der Waals surface area contributed by atoms with Crippen molar-refractivity contribution in [1.82, 2.24) is 4.98 Å². The van der Waals surface area contributed by atoms with E-state index in [1.807, 2.05) is 31.2 Å². The van der Waals surface area contributed by atoms with E-state index in [0.29, 0.717) is 18.0 Å². The SMILES string of the molecule is COc1cc(C)nc(COc2cc(N)ccc2Br)c1. The van der Waals surface area contributed by atoms with Crippen LogP contribution in [0.4, 0.5) is 5.69 Å². The van der Waals surface area contributed by atoms with Crippen molar-refractivity contribution in [3.63, 3.8) is 0 Å². The smallest absolute Gasteiger partial charge is 0.136 e. The van der Waals surface area contributed by atoms with Gasteiger partial charge in [-0.15, -0.1) is 0 Å². The number of benzene rings is 1. The first kappa shape index (κ1) is 13.7. The molecule has 2 aromatic rings. The first-order valence-corrected chi connectivity index (χ1v) is 6.57. The number of halogens is 1. The van der Waals surface area contributed by atoms with Crippen LogP contribution >= 0.6 is 15.9 Å². The van der Waals surface area contributed by atoms with E-state index in [1.54, 1.807) is 13.2 Å². The molecule has 0 fully saturated rings. The van der Waals surface area contributed by atoms with E-state index in [1.165, 1.54) is 0 Å². The van der Waals surface area contributed by atoms with Gasteiger partial charge in [-0.05, 0) is 35.0 Å². The fraction of sp³-hybridized carbons (Fsp3) is 0.214. The quantitative estimate of drug-likeness (QED) is 0.877. The summed E-state index contributed by atoms with van der Waals surface area (Å²) in [5.74, 6) is 1.47. The van der Waals surface area contributed by atoms with Crippen molar-refractivity contribution in [1.29, 1.82) is 0 Å². The van der Waals surface area contributed by atoms with Crippen LogP contribution in [0, 0.1) is 6.92 Å². The summed E-state index contributed by atoms with van der Waals surface area (Å²) in [5.41, 5.74) is 8.09. The van der Waals surface area contributed by atoms with Crippen LogP contribution in [-0.4, -0.2) is 12.1 Å². The second-order valence-corrected chi connectivity index (χ2v) is 4.97. The van der Waals surface area contributed by atoms with Gasteiger partial charge in [0, 0.05) is 29.6 Å². The number of hydrogen-bond acceptors (Lipinski definition) is 4. The van der Waals surface area contributed by atoms with Crippen LogP contribution in [0.15, 0.2) is 34.8 Å². The van der Waals surface area contributed by atoms with Crippen LogP contribution in [-0.2, 0) is 6.61 Å². The summed E-state index contributed by atoms with van der Waals surface area (Å²) in [7, 11) is 1.63. The van der Waals surface area contributed by atoms with E-state index in [0.717, 1.165) is 21.6 Å². The summed E-state index contributed by atoms with van der Waals surface area (Å²) in [6.45, 7) is 2.28. The molecule has 0 unspecified atom stereocenters. The summed E-state index contributed by atoms with van der Waals surface area (Å²) < 4.78 is 11.8. The van der Waals surface area contributed by atoms with Crippen LogP contribution < -0.4 is 15.2 Å². The van der Waals surface area contributed by atoms with E-state index in [2.05, 4.69) is 20.9 Å². The molecule has 0 atom stereocenters. The highest BCUT2D eigenvalue weighted by Gasteiger charge is 2.05. The van der Waals surface area contributed by atoms with E-state index in [9.17, 15) is 0 Å². The number of methoxy groups -OCH3 is 1. The van der Waals surface area contributed by atoms with E-state index >= 15 is 0 Å². The van der Waals surface area contributed by atoms with Gasteiger partial charge in [0.1, 0.15) is 18.1 Å². The predicted octanol–water partition coefficient (Wildman–Crippen LogP) is 3.32. The minimum atomic E-state index is 0.361. The molecule has 0 radical (unpaired) electrons. The van der Waals surface area contributed by atoms with Crippen LogP contribution in [0.3, 0.4) is 0 Å². The molecule has 1 heterocycles. The van der Waals surface area contributed by atoms with E-state index in [-0.39, 0.29) is 0 Å². The fourth-order valence-corrected chi connectivity index (χ4v) is 2.04. The molecule has 100 valence electrons. The Hall–Kier alpha value is -1.75. The van der Waals surface area contributed by atoms with Gasteiger partial charge < -0.3 is 15.2 Å². The third kappa shape index (κ3) is 3.61. The van der Waals surface area contributed by atoms with Gasteiger partial charge in [0.2, 0.25) is 0 Å². The summed E-state index contributed by atoms with van der Waals surface area (Å²) in [6, 6.07) is 9.17. The average Bonchev–Trinajstić information content (AvgIpc) is 2.39. The maximum absolute atomic E-state index is 5.73. The number of nitrogens with two attached hydrogens (primary N) is 1. The van der Waals surface area contributed by atoms with Gasteiger partial charge in [-0.1, -0.05) is 0 Å². The number of nitrogens with zero attached hydrogens (tertiary/aromatic N) is 1. The third-order valence-corrected chi connectivity index (χ3v) is 3.20. The molecule has 2 rings (SSSR count). The maximum Gasteiger partial charge on any atom is 0.136 e. The number of aromatic nitrogens is 1. The Morgan fingerprint density at radius 2 is 2.05 bits per heavy atom. The molecule has 0 aliphatic rings. The number of hydrogen-bond donors (Lipinski definition) is 1. The summed E-state index contributed by atoms with van der Waals surface area (Å²) in [5, 5.41) is 0. The highest BCUT2D eigenvalue weighted by atomic mass is 79.9. The highest BCUT2D eigenvalue weighted by molar-refractivity contribution is 9.10. The second-order valence-electron chi connectivity index (χ2n) is 4.12. The van der Waals surface area contributed by atoms with Gasteiger partial charge in [0.05, 0.1) is 17.3 Å². The topological polar surface area (TPSA) is 57.4 Å². The first-order valence-electron chi connectivity index (χ1n) is 5.78. The standard InChI is InChI=1S/C14H15BrN2O2/c1-9-5-12(18-2)7-11(17-9)8-19-14-6-10(16)3-4-13(14)15/h3-7H,8,16H2,1-2H3. The molecule has 19 heavy (non-hydrogen) atoms. The molecular weight excluding hydrogens is 308 g/mol. The Morgan fingerprint density at radius 3 is 2.79 bits per heavy atom. The van der Waals surface area contributed by atoms with Crippen LogP contribution in [0.1, 0.15) is 11.4 Å². The molecule has 0 spiro atoms. The number of anilines is 1. The molecular formula is C14H15BrN2O2. The van der Waals surface area contributed by atoms with Crippen LogP contribution in [0.25, 0.3) is 0 Å². The van der Waals surface area contributed by atoms with Gasteiger partial charge in [0.15, 0.2) is 0 Å². The lowest BCUT2D eigenvalue weighted by Crippen LogP contribution is -2.01. The van der Waals surface area contributed by atoms with Crippen molar-refractivity contribution >= 4 is 21.6 Å². The van der Waals surface area contributed by atoms with Gasteiger partial charge in [0.25, 0.3) is 0 Å². The maximum atomic E-state index is 5.73. The summed E-state index contributed by atoms with van der Waals surface area (Å²) in [4.78, 5) is 4.40. The van der Waals surface area contributed by atoms with Crippen LogP contribution in [0.2, 0.25) is 0 Å². The number of ether oxygens (including phenoxy) is 2. The Morgan fingerprint density at radius 1 is 1.26 bits per heavy atom. The summed E-state index contributed by atoms with van der Waals surface area (Å²) >= 11 is 3.42. The molecule has 0 bridgehead atoms. The van der Waals surface area contributed by atoms with Gasteiger partial charge in [-0.25, -0.2) is 0 Å². The normalized spacial score (nSPS) is 10.3. The minimum absolute atomic E-state index is 0.361. The molecule has 0 saturated carbocycles. The molecule has 4 nitrogen and oxygen atoms in total. The predicted molar refractivity (Wildman–Crippen MR) is 78.4 cm³/mol. The van der Waals surface area contributed by atoms with Crippen molar-refractivity contribution in [2.45, 2.75) is 13.5 Å². The Labute approximate surface area is 120 Å². The molecule has 0 aliphatic carbocycles. The minimum Gasteiger partial charge on any atom is -0.497 e. The lowest BCUT2D eigenvalue weighted by atomic mass is 10.3. The largest absolute Gasteiger partial charge is 0.497 e. The van der Waals surface area contributed by atoms with Gasteiger partial charge in [-0.2, -0.15) is 0 Å². The number of aryl methyl sites for hydroxylation is 1. The van der Waals surface area contributed by atoms with Crippen LogP contribution in [0.5, 0.6) is 11.5 Å². The van der Waals surface area contributed by atoms with Crippen molar-refractivity contribution in [3.05, 3.63) is 46.2 Å². The second kappa shape index (κ2) is 5.93. The van der Waals surface area contributed by atoms with Crippen molar-refractivity contribution in [2.24, 2.45) is 0 Å². The summed E-state index contributed by atoms with van der Waals surface area (Å²) in [6.07, 6.45) is 0. The van der Waals surface area contributed by atoms with E-state index in [4.69, 9.17) is 15.2 Å². The number of pyridine rings is 1. The Balaban J connectivity index is 2.14. The van der Waals surface area contributed by atoms with Crippen molar-refractivity contribution in [2.75, 3.05) is 12.8 Å².